The summed E-state index contributed by atoms with van der Waals surface area (Å²) in [6, 6.07) is 2.97. The summed E-state index contributed by atoms with van der Waals surface area (Å²) in [5.41, 5.74) is 0.665. The number of anilines is 2. The molecule has 1 amide bonds. The Balaban J connectivity index is 1.45. The smallest absolute Gasteiger partial charge is 0.407 e. The predicted octanol–water partition coefficient (Wildman–Crippen LogP) is 4.02. The molecule has 13 heteroatoms. The van der Waals surface area contributed by atoms with Gasteiger partial charge in [0.1, 0.15) is 17.9 Å². The number of aromatic nitrogens is 5. The van der Waals surface area contributed by atoms with Crippen molar-refractivity contribution in [3.63, 3.8) is 0 Å². The minimum Gasteiger partial charge on any atom is -0.443 e. The molecule has 1 fully saturated rings. The first-order chi connectivity index (χ1) is 15.6. The molecule has 0 radical (unpaired) electrons. The molecule has 9 nitrogen and oxygen atoms in total. The van der Waals surface area contributed by atoms with E-state index >= 15 is 0 Å². The van der Waals surface area contributed by atoms with Crippen LogP contribution in [0, 0.1) is 0 Å². The molecule has 0 saturated heterocycles. The van der Waals surface area contributed by atoms with E-state index < -0.39 is 36.9 Å². The quantitative estimate of drug-likeness (QED) is 0.471. The highest BCUT2D eigenvalue weighted by molar-refractivity contribution is 5.67. The molecule has 0 spiro atoms. The number of imidazole rings is 1. The Labute approximate surface area is 185 Å². The third kappa shape index (κ3) is 5.34. The highest BCUT2D eigenvalue weighted by Gasteiger charge is 2.41. The second-order valence-corrected chi connectivity index (χ2v) is 8.23. The van der Waals surface area contributed by atoms with Gasteiger partial charge in [0.2, 0.25) is 5.95 Å². The molecule has 3 aromatic rings. The van der Waals surface area contributed by atoms with Gasteiger partial charge in [-0.3, -0.25) is 9.50 Å². The highest BCUT2D eigenvalue weighted by atomic mass is 19.4. The number of amides is 1. The fourth-order valence-electron chi connectivity index (χ4n) is 3.84. The number of alkyl carbamates (subject to hydrolysis) is 1. The lowest BCUT2D eigenvalue weighted by Crippen LogP contribution is -2.36. The molecule has 0 unspecified atom stereocenters. The largest absolute Gasteiger partial charge is 0.443 e. The van der Waals surface area contributed by atoms with Crippen LogP contribution in [0.25, 0.3) is 5.65 Å². The minimum absolute atomic E-state index is 0.118. The summed E-state index contributed by atoms with van der Waals surface area (Å²) >= 11 is 0. The van der Waals surface area contributed by atoms with E-state index in [1.807, 2.05) is 0 Å². The Morgan fingerprint density at radius 2 is 2.15 bits per heavy atom. The van der Waals surface area contributed by atoms with Crippen LogP contribution in [0.4, 0.5) is 34.1 Å². The van der Waals surface area contributed by atoms with Gasteiger partial charge in [0, 0.05) is 36.1 Å². The predicted molar refractivity (Wildman–Crippen MR) is 110 cm³/mol. The minimum atomic E-state index is -4.38. The van der Waals surface area contributed by atoms with Crippen molar-refractivity contribution < 1.29 is 27.1 Å². The van der Waals surface area contributed by atoms with Gasteiger partial charge in [0.25, 0.3) is 0 Å². The number of nitrogens with one attached hydrogen (secondary N) is 3. The van der Waals surface area contributed by atoms with E-state index in [0.717, 1.165) is 0 Å². The topological polar surface area (TPSA) is 109 Å². The number of fused-ring (bicyclic) bond motifs is 1. The lowest BCUT2D eigenvalue weighted by molar-refractivity contribution is -0.127. The molecule has 3 heterocycles. The molecule has 3 aromatic heterocycles. The van der Waals surface area contributed by atoms with Crippen molar-refractivity contribution in [2.24, 2.45) is 0 Å². The normalized spacial score (nSPS) is 21.0. The molecule has 1 saturated carbocycles. The van der Waals surface area contributed by atoms with Crippen molar-refractivity contribution in [2.75, 3.05) is 5.32 Å². The molecule has 3 N–H and O–H groups in total. The van der Waals surface area contributed by atoms with Crippen LogP contribution >= 0.6 is 0 Å². The molecule has 0 aromatic carbocycles. The van der Waals surface area contributed by atoms with Gasteiger partial charge in [-0.25, -0.2) is 19.2 Å². The number of nitrogens with zero attached hydrogens (tertiary/aromatic N) is 4. The van der Waals surface area contributed by atoms with Crippen molar-refractivity contribution in [2.45, 2.75) is 63.5 Å². The molecule has 3 atom stereocenters. The Morgan fingerprint density at radius 3 is 2.88 bits per heavy atom. The van der Waals surface area contributed by atoms with Crippen molar-refractivity contribution >= 4 is 23.5 Å². The number of ether oxygens (including phenoxy) is 1. The fraction of sp³-hybridized carbons (Fsp3) is 0.500. The summed E-state index contributed by atoms with van der Waals surface area (Å²) in [6.07, 6.45) is -4.96. The molecule has 0 bridgehead atoms. The second-order valence-electron chi connectivity index (χ2n) is 8.23. The summed E-state index contributed by atoms with van der Waals surface area (Å²) in [7, 11) is 0. The van der Waals surface area contributed by atoms with E-state index in [9.17, 15) is 22.4 Å². The Morgan fingerprint density at radius 1 is 1.36 bits per heavy atom. The summed E-state index contributed by atoms with van der Waals surface area (Å²) in [4.78, 5) is 19.9. The van der Waals surface area contributed by atoms with Gasteiger partial charge in [-0.2, -0.15) is 18.3 Å². The number of hydrogen-bond acceptors (Lipinski definition) is 6. The molecular weight excluding hydrogens is 446 g/mol. The lowest BCUT2D eigenvalue weighted by atomic mass is 10.0. The number of H-pyrrole nitrogens is 1. The van der Waals surface area contributed by atoms with Gasteiger partial charge in [-0.1, -0.05) is 0 Å². The van der Waals surface area contributed by atoms with Crippen LogP contribution in [0.3, 0.4) is 0 Å². The average molecular weight is 469 g/mol. The zero-order valence-corrected chi connectivity index (χ0v) is 17.9. The van der Waals surface area contributed by atoms with Crippen molar-refractivity contribution in [3.05, 3.63) is 35.9 Å². The number of carbonyl (C=O) groups excluding carboxylic acids is 1. The van der Waals surface area contributed by atoms with Gasteiger partial charge in [-0.15, -0.1) is 0 Å². The van der Waals surface area contributed by atoms with E-state index in [4.69, 9.17) is 4.74 Å². The molecule has 178 valence electrons. The molecule has 33 heavy (non-hydrogen) atoms. The van der Waals surface area contributed by atoms with E-state index in [0.29, 0.717) is 30.0 Å². The monoisotopic (exact) mass is 469 g/mol. The third-order valence-electron chi connectivity index (χ3n) is 5.22. The van der Waals surface area contributed by atoms with Crippen LogP contribution in [0.15, 0.2) is 24.5 Å². The number of rotatable bonds is 6. The summed E-state index contributed by atoms with van der Waals surface area (Å²) < 4.78 is 59.6. The number of hydrogen-bond donors (Lipinski definition) is 3. The van der Waals surface area contributed by atoms with Gasteiger partial charge in [-0.05, 0) is 32.8 Å². The summed E-state index contributed by atoms with van der Waals surface area (Å²) in [5.74, 6) is -0.0215. The van der Waals surface area contributed by atoms with Gasteiger partial charge >= 0.3 is 12.3 Å². The molecular formula is C20H23F4N7O2. The van der Waals surface area contributed by atoms with Crippen LogP contribution in [0.5, 0.6) is 0 Å². The van der Waals surface area contributed by atoms with Crippen molar-refractivity contribution in [1.29, 1.82) is 0 Å². The standard InChI is InChI=1S/C20H23F4N7O2/c1-10(2)26-19(32)33-14-4-3-12(17(14)21)13-7-15(30-29-13)28-18-25-6-5-16-27-11(9-31(16)18)8-20(22,23)24/h5-7,9-10,12,14,17H,3-4,8H2,1-2H3,(H,26,32)(H2,25,28,29,30)/t12-,14-,17-/m0/s1. The third-order valence-corrected chi connectivity index (χ3v) is 5.22. The molecule has 1 aliphatic carbocycles. The van der Waals surface area contributed by atoms with Crippen LogP contribution < -0.4 is 10.6 Å². The van der Waals surface area contributed by atoms with Gasteiger partial charge in [0.15, 0.2) is 5.82 Å². The lowest BCUT2D eigenvalue weighted by Gasteiger charge is -2.18. The first-order valence-electron chi connectivity index (χ1n) is 10.4. The van der Waals surface area contributed by atoms with E-state index in [1.54, 1.807) is 19.9 Å². The van der Waals surface area contributed by atoms with Crippen LogP contribution in [-0.2, 0) is 11.2 Å². The maximum absolute atomic E-state index is 14.9. The summed E-state index contributed by atoms with van der Waals surface area (Å²) in [5, 5.41) is 12.4. The molecule has 0 aliphatic heterocycles. The molecule has 4 rings (SSSR count). The fourth-order valence-corrected chi connectivity index (χ4v) is 3.84. The first kappa shape index (κ1) is 22.8. The molecule has 1 aliphatic rings. The Hall–Kier alpha value is -3.38. The number of carbonyl (C=O) groups is 1. The van der Waals surface area contributed by atoms with Crippen LogP contribution in [0.1, 0.15) is 44.0 Å². The maximum atomic E-state index is 14.9. The Bertz CT molecular complexity index is 1130. The summed E-state index contributed by atoms with van der Waals surface area (Å²) in [6.45, 7) is 3.56. The number of alkyl halides is 4. The SMILES string of the molecule is CC(C)NC(=O)O[C@H]1CC[C@@H](c2cc(Nc3nccc4nc(CC(F)(F)F)cn34)n[nH]2)[C@@H]1F. The zero-order chi connectivity index (χ0) is 23.8. The number of aromatic amines is 1. The van der Waals surface area contributed by atoms with Crippen molar-refractivity contribution in [1.82, 2.24) is 29.9 Å². The van der Waals surface area contributed by atoms with E-state index in [1.165, 1.54) is 22.9 Å². The highest BCUT2D eigenvalue weighted by Crippen LogP contribution is 2.38. The van der Waals surface area contributed by atoms with Gasteiger partial charge < -0.3 is 15.4 Å². The Kier molecular flexibility index (Phi) is 6.13. The van der Waals surface area contributed by atoms with Gasteiger partial charge in [0.05, 0.1) is 12.1 Å². The van der Waals surface area contributed by atoms with E-state index in [-0.39, 0.29) is 17.7 Å². The maximum Gasteiger partial charge on any atom is 0.407 e. The van der Waals surface area contributed by atoms with Crippen LogP contribution in [0.2, 0.25) is 0 Å². The van der Waals surface area contributed by atoms with Crippen molar-refractivity contribution in [3.8, 4) is 0 Å². The average Bonchev–Trinajstić information content (AvgIpc) is 3.40. The van der Waals surface area contributed by atoms with E-state index in [2.05, 4.69) is 30.8 Å². The van der Waals surface area contributed by atoms with Crippen LogP contribution in [-0.4, -0.2) is 55.2 Å². The zero-order valence-electron chi connectivity index (χ0n) is 17.9. The first-order valence-corrected chi connectivity index (χ1v) is 10.4. The number of halogens is 4. The second kappa shape index (κ2) is 8.87.